The Morgan fingerprint density at radius 2 is 1.84 bits per heavy atom. The molecule has 1 saturated heterocycles. The first kappa shape index (κ1) is 13.6. The molecule has 1 aliphatic rings. The van der Waals surface area contributed by atoms with E-state index in [4.69, 9.17) is 0 Å². The molecule has 1 aliphatic heterocycles. The molecule has 1 N–H and O–H groups in total. The zero-order chi connectivity index (χ0) is 13.7. The third-order valence-corrected chi connectivity index (χ3v) is 3.42. The maximum Gasteiger partial charge on any atom is 0.249 e. The number of amides is 2. The SMILES string of the molecule is CCC(=O)NC(C(=O)N1CCCC1)c1ccccc1. The fourth-order valence-corrected chi connectivity index (χ4v) is 2.32. The van der Waals surface area contributed by atoms with Crippen LogP contribution in [0.4, 0.5) is 0 Å². The topological polar surface area (TPSA) is 49.4 Å². The molecule has 4 nitrogen and oxygen atoms in total. The maximum atomic E-state index is 12.5. The average molecular weight is 260 g/mol. The quantitative estimate of drug-likeness (QED) is 0.898. The molecule has 0 aliphatic carbocycles. The summed E-state index contributed by atoms with van der Waals surface area (Å²) in [5.74, 6) is -0.0908. The van der Waals surface area contributed by atoms with E-state index in [0.717, 1.165) is 31.5 Å². The van der Waals surface area contributed by atoms with Crippen molar-refractivity contribution in [1.29, 1.82) is 0 Å². The second-order valence-electron chi connectivity index (χ2n) is 4.80. The van der Waals surface area contributed by atoms with Gasteiger partial charge in [-0.2, -0.15) is 0 Å². The van der Waals surface area contributed by atoms with Gasteiger partial charge in [0, 0.05) is 19.5 Å². The molecule has 2 amide bonds. The Morgan fingerprint density at radius 3 is 2.42 bits per heavy atom. The molecule has 1 aromatic rings. The van der Waals surface area contributed by atoms with E-state index < -0.39 is 6.04 Å². The van der Waals surface area contributed by atoms with E-state index in [1.165, 1.54) is 0 Å². The van der Waals surface area contributed by atoms with E-state index in [9.17, 15) is 9.59 Å². The van der Waals surface area contributed by atoms with Crippen molar-refractivity contribution in [3.05, 3.63) is 35.9 Å². The summed E-state index contributed by atoms with van der Waals surface area (Å²) in [6.45, 7) is 3.38. The molecule has 1 aromatic carbocycles. The highest BCUT2D eigenvalue weighted by molar-refractivity contribution is 5.88. The molecule has 1 atom stereocenters. The normalized spacial score (nSPS) is 16.2. The van der Waals surface area contributed by atoms with Crippen molar-refractivity contribution in [1.82, 2.24) is 10.2 Å². The summed E-state index contributed by atoms with van der Waals surface area (Å²) in [4.78, 5) is 26.0. The number of nitrogens with one attached hydrogen (secondary N) is 1. The highest BCUT2D eigenvalue weighted by Gasteiger charge is 2.28. The first-order valence-electron chi connectivity index (χ1n) is 6.85. The average Bonchev–Trinajstić information content (AvgIpc) is 2.99. The van der Waals surface area contributed by atoms with Crippen LogP contribution >= 0.6 is 0 Å². The minimum Gasteiger partial charge on any atom is -0.341 e. The molecule has 0 bridgehead atoms. The van der Waals surface area contributed by atoms with Gasteiger partial charge in [-0.05, 0) is 18.4 Å². The van der Waals surface area contributed by atoms with Crippen molar-refractivity contribution >= 4 is 11.8 Å². The first-order chi connectivity index (χ1) is 9.22. The molecule has 1 fully saturated rings. The zero-order valence-electron chi connectivity index (χ0n) is 11.3. The summed E-state index contributed by atoms with van der Waals surface area (Å²) < 4.78 is 0. The third kappa shape index (κ3) is 3.34. The van der Waals surface area contributed by atoms with E-state index in [2.05, 4.69) is 5.32 Å². The van der Waals surface area contributed by atoms with Crippen LogP contribution in [0.2, 0.25) is 0 Å². The van der Waals surface area contributed by atoms with Gasteiger partial charge in [-0.15, -0.1) is 0 Å². The number of hydrogen-bond donors (Lipinski definition) is 1. The number of nitrogens with zero attached hydrogens (tertiary/aromatic N) is 1. The van der Waals surface area contributed by atoms with Gasteiger partial charge in [-0.1, -0.05) is 37.3 Å². The van der Waals surface area contributed by atoms with Crippen LogP contribution in [0.3, 0.4) is 0 Å². The van der Waals surface area contributed by atoms with E-state index >= 15 is 0 Å². The van der Waals surface area contributed by atoms with Gasteiger partial charge in [0.05, 0.1) is 0 Å². The molecule has 0 saturated carbocycles. The fourth-order valence-electron chi connectivity index (χ4n) is 2.32. The molecular formula is C15H20N2O2. The lowest BCUT2D eigenvalue weighted by Crippen LogP contribution is -2.41. The monoisotopic (exact) mass is 260 g/mol. The molecule has 0 spiro atoms. The maximum absolute atomic E-state index is 12.5. The Labute approximate surface area is 113 Å². The summed E-state index contributed by atoms with van der Waals surface area (Å²) in [5.41, 5.74) is 0.848. The van der Waals surface area contributed by atoms with Crippen molar-refractivity contribution in [2.45, 2.75) is 32.2 Å². The standard InChI is InChI=1S/C15H20N2O2/c1-2-13(18)16-14(12-8-4-3-5-9-12)15(19)17-10-6-7-11-17/h3-5,8-9,14H,2,6-7,10-11H2,1H3,(H,16,18). The Kier molecular flexibility index (Phi) is 4.55. The zero-order valence-corrected chi connectivity index (χ0v) is 11.3. The highest BCUT2D eigenvalue weighted by atomic mass is 16.2. The van der Waals surface area contributed by atoms with Gasteiger partial charge >= 0.3 is 0 Å². The molecule has 1 unspecified atom stereocenters. The second kappa shape index (κ2) is 6.36. The van der Waals surface area contributed by atoms with Gasteiger partial charge in [-0.3, -0.25) is 9.59 Å². The van der Waals surface area contributed by atoms with Crippen LogP contribution < -0.4 is 5.32 Å². The second-order valence-corrected chi connectivity index (χ2v) is 4.80. The van der Waals surface area contributed by atoms with Gasteiger partial charge < -0.3 is 10.2 Å². The van der Waals surface area contributed by atoms with Crippen LogP contribution in [-0.2, 0) is 9.59 Å². The van der Waals surface area contributed by atoms with Crippen LogP contribution in [0.25, 0.3) is 0 Å². The molecule has 4 heteroatoms. The smallest absolute Gasteiger partial charge is 0.249 e. The van der Waals surface area contributed by atoms with E-state index in [1.54, 1.807) is 6.92 Å². The van der Waals surface area contributed by atoms with E-state index in [1.807, 2.05) is 35.2 Å². The largest absolute Gasteiger partial charge is 0.341 e. The Balaban J connectivity index is 2.18. The highest BCUT2D eigenvalue weighted by Crippen LogP contribution is 2.19. The Hall–Kier alpha value is -1.84. The van der Waals surface area contributed by atoms with Crippen LogP contribution in [-0.4, -0.2) is 29.8 Å². The number of likely N-dealkylation sites (tertiary alicyclic amines) is 1. The van der Waals surface area contributed by atoms with Crippen LogP contribution in [0.15, 0.2) is 30.3 Å². The summed E-state index contributed by atoms with van der Waals surface area (Å²) in [6.07, 6.45) is 2.49. The molecule has 19 heavy (non-hydrogen) atoms. The van der Waals surface area contributed by atoms with Gasteiger partial charge in [-0.25, -0.2) is 0 Å². The van der Waals surface area contributed by atoms with Crippen LogP contribution in [0.5, 0.6) is 0 Å². The summed E-state index contributed by atoms with van der Waals surface area (Å²) >= 11 is 0. The van der Waals surface area contributed by atoms with Gasteiger partial charge in [0.2, 0.25) is 11.8 Å². The van der Waals surface area contributed by atoms with Crippen molar-refractivity contribution in [2.24, 2.45) is 0 Å². The molecule has 0 aromatic heterocycles. The van der Waals surface area contributed by atoms with Crippen molar-refractivity contribution in [2.75, 3.05) is 13.1 Å². The van der Waals surface area contributed by atoms with E-state index in [-0.39, 0.29) is 11.8 Å². The number of hydrogen-bond acceptors (Lipinski definition) is 2. The number of benzene rings is 1. The lowest BCUT2D eigenvalue weighted by molar-refractivity contribution is -0.135. The molecule has 0 radical (unpaired) electrons. The van der Waals surface area contributed by atoms with Crippen molar-refractivity contribution in [3.63, 3.8) is 0 Å². The molecule has 102 valence electrons. The van der Waals surface area contributed by atoms with Gasteiger partial charge in [0.1, 0.15) is 6.04 Å². The third-order valence-electron chi connectivity index (χ3n) is 3.42. The predicted molar refractivity (Wildman–Crippen MR) is 73.4 cm³/mol. The van der Waals surface area contributed by atoms with Crippen LogP contribution in [0.1, 0.15) is 37.8 Å². The first-order valence-corrected chi connectivity index (χ1v) is 6.85. The van der Waals surface area contributed by atoms with Crippen molar-refractivity contribution in [3.8, 4) is 0 Å². The fraction of sp³-hybridized carbons (Fsp3) is 0.467. The number of rotatable bonds is 4. The van der Waals surface area contributed by atoms with Crippen molar-refractivity contribution < 1.29 is 9.59 Å². The molecular weight excluding hydrogens is 240 g/mol. The van der Waals surface area contributed by atoms with E-state index in [0.29, 0.717) is 6.42 Å². The Bertz CT molecular complexity index is 439. The molecule has 2 rings (SSSR count). The summed E-state index contributed by atoms with van der Waals surface area (Å²) in [7, 11) is 0. The summed E-state index contributed by atoms with van der Waals surface area (Å²) in [6, 6.07) is 8.90. The minimum atomic E-state index is -0.549. The van der Waals surface area contributed by atoms with Crippen LogP contribution in [0, 0.1) is 0 Å². The molecule has 1 heterocycles. The lowest BCUT2D eigenvalue weighted by Gasteiger charge is -2.24. The lowest BCUT2D eigenvalue weighted by atomic mass is 10.1. The number of carbonyl (C=O) groups excluding carboxylic acids is 2. The summed E-state index contributed by atoms with van der Waals surface area (Å²) in [5, 5.41) is 2.83. The number of carbonyl (C=O) groups is 2. The van der Waals surface area contributed by atoms with Gasteiger partial charge in [0.15, 0.2) is 0 Å². The Morgan fingerprint density at radius 1 is 1.21 bits per heavy atom. The predicted octanol–water partition coefficient (Wildman–Crippen LogP) is 1.88. The van der Waals surface area contributed by atoms with Gasteiger partial charge in [0.25, 0.3) is 0 Å². The minimum absolute atomic E-state index is 0.00509.